The quantitative estimate of drug-likeness (QED) is 0.355. The molecule has 2 atom stereocenters. The number of aromatic nitrogens is 1. The lowest BCUT2D eigenvalue weighted by Gasteiger charge is -2.28. The van der Waals surface area contributed by atoms with Gasteiger partial charge >= 0.3 is 6.18 Å². The summed E-state index contributed by atoms with van der Waals surface area (Å²) in [6.45, 7) is 1.50. The Balaban J connectivity index is 1.64. The molecule has 1 aliphatic carbocycles. The molecule has 1 aliphatic rings. The van der Waals surface area contributed by atoms with Gasteiger partial charge in [0.1, 0.15) is 34.9 Å². The lowest BCUT2D eigenvalue weighted by molar-refractivity contribution is -0.160. The highest BCUT2D eigenvalue weighted by molar-refractivity contribution is 7.90. The first-order chi connectivity index (χ1) is 18.3. The molecular weight excluding hydrogens is 540 g/mol. The summed E-state index contributed by atoms with van der Waals surface area (Å²) in [7, 11) is -4.26. The van der Waals surface area contributed by atoms with Crippen LogP contribution in [0, 0.1) is 24.1 Å². The molecule has 13 heteroatoms. The van der Waals surface area contributed by atoms with Crippen LogP contribution < -0.4 is 10.6 Å². The number of benzene rings is 2. The average molecular weight is 565 g/mol. The van der Waals surface area contributed by atoms with Crippen LogP contribution >= 0.6 is 0 Å². The molecule has 8 nitrogen and oxygen atoms in total. The van der Waals surface area contributed by atoms with E-state index in [1.54, 1.807) is 30.3 Å². The van der Waals surface area contributed by atoms with Crippen LogP contribution in [0.1, 0.15) is 35.8 Å². The maximum absolute atomic E-state index is 14.1. The molecule has 4 rings (SSSR count). The van der Waals surface area contributed by atoms with E-state index in [4.69, 9.17) is 4.52 Å². The summed E-state index contributed by atoms with van der Waals surface area (Å²) >= 11 is 0. The van der Waals surface area contributed by atoms with Gasteiger partial charge in [0.05, 0.1) is 17.6 Å². The normalized spacial score (nSPS) is 16.2. The zero-order chi connectivity index (χ0) is 28.4. The fourth-order valence-electron chi connectivity index (χ4n) is 4.07. The Morgan fingerprint density at radius 2 is 1.79 bits per heavy atom. The number of nitrogens with zero attached hydrogens (tertiary/aromatic N) is 2. The molecule has 1 aromatic heterocycles. The Morgan fingerprint density at radius 1 is 1.15 bits per heavy atom. The van der Waals surface area contributed by atoms with Crippen LogP contribution in [0.4, 0.5) is 17.6 Å². The standard InChI is InChI=1S/C26H24F4N4O4S/c1-16-20(22(34-38-16)17-5-3-2-4-6-17)13-39(36,37)14-21(24(35)33-25(15-31)11-12-25)32-23(26(28,29)30)18-7-9-19(27)10-8-18/h2-10,21,23,32H,11-14H2,1H3,(H,33,35)/t21-,23-/m0/s1. The predicted octanol–water partition coefficient (Wildman–Crippen LogP) is 4.14. The lowest BCUT2D eigenvalue weighted by Crippen LogP contribution is -2.54. The molecule has 0 radical (unpaired) electrons. The van der Waals surface area contributed by atoms with Gasteiger partial charge in [0.2, 0.25) is 5.91 Å². The molecule has 1 heterocycles. The monoisotopic (exact) mass is 564 g/mol. The Hall–Kier alpha value is -3.76. The molecule has 0 unspecified atom stereocenters. The Bertz CT molecular complexity index is 1480. The summed E-state index contributed by atoms with van der Waals surface area (Å²) in [6.07, 6.45) is -4.39. The summed E-state index contributed by atoms with van der Waals surface area (Å²) in [6, 6.07) is 9.56. The smallest absolute Gasteiger partial charge is 0.361 e. The molecule has 2 aromatic carbocycles. The third kappa shape index (κ3) is 6.82. The molecule has 0 bridgehead atoms. The molecular formula is C26H24F4N4O4S. The number of carbonyl (C=O) groups is 1. The minimum absolute atomic E-state index is 0.201. The van der Waals surface area contributed by atoms with Crippen molar-refractivity contribution in [3.63, 3.8) is 0 Å². The average Bonchev–Trinajstić information content (AvgIpc) is 3.57. The van der Waals surface area contributed by atoms with Crippen molar-refractivity contribution in [2.24, 2.45) is 0 Å². The summed E-state index contributed by atoms with van der Waals surface area (Å²) in [4.78, 5) is 13.1. The molecule has 3 aromatic rings. The second-order valence-corrected chi connectivity index (χ2v) is 11.5. The molecule has 1 saturated carbocycles. The van der Waals surface area contributed by atoms with Crippen LogP contribution in [-0.4, -0.2) is 43.0 Å². The molecule has 0 spiro atoms. The number of hydrogen-bond acceptors (Lipinski definition) is 7. The van der Waals surface area contributed by atoms with Crippen molar-refractivity contribution >= 4 is 15.7 Å². The van der Waals surface area contributed by atoms with Crippen molar-refractivity contribution in [1.82, 2.24) is 15.8 Å². The first-order valence-corrected chi connectivity index (χ1v) is 13.7. The molecule has 0 saturated heterocycles. The Morgan fingerprint density at radius 3 is 2.36 bits per heavy atom. The van der Waals surface area contributed by atoms with Crippen LogP contribution in [0.15, 0.2) is 59.1 Å². The zero-order valence-corrected chi connectivity index (χ0v) is 21.4. The first-order valence-electron chi connectivity index (χ1n) is 11.8. The van der Waals surface area contributed by atoms with Crippen LogP contribution in [0.5, 0.6) is 0 Å². The number of carbonyl (C=O) groups excluding carboxylic acids is 1. The Kier molecular flexibility index (Phi) is 7.81. The van der Waals surface area contributed by atoms with Gasteiger partial charge in [0, 0.05) is 11.1 Å². The van der Waals surface area contributed by atoms with Crippen molar-refractivity contribution in [3.05, 3.63) is 77.3 Å². The summed E-state index contributed by atoms with van der Waals surface area (Å²) in [5.74, 6) is -3.31. The number of alkyl halides is 3. The number of nitriles is 1. The molecule has 39 heavy (non-hydrogen) atoms. The Labute approximate surface area is 221 Å². The van der Waals surface area contributed by atoms with Gasteiger partial charge < -0.3 is 9.84 Å². The van der Waals surface area contributed by atoms with E-state index in [2.05, 4.69) is 15.8 Å². The van der Waals surface area contributed by atoms with Gasteiger partial charge in [-0.3, -0.25) is 10.1 Å². The molecule has 1 fully saturated rings. The number of aryl methyl sites for hydroxylation is 1. The van der Waals surface area contributed by atoms with E-state index in [-0.39, 0.29) is 29.9 Å². The van der Waals surface area contributed by atoms with E-state index in [9.17, 15) is 36.0 Å². The highest BCUT2D eigenvalue weighted by Crippen LogP contribution is 2.36. The number of halogens is 4. The van der Waals surface area contributed by atoms with E-state index < -0.39 is 62.4 Å². The number of sulfone groups is 1. The van der Waals surface area contributed by atoms with E-state index in [1.165, 1.54) is 6.92 Å². The highest BCUT2D eigenvalue weighted by atomic mass is 32.2. The second kappa shape index (κ2) is 10.8. The third-order valence-corrected chi connectivity index (χ3v) is 7.93. The number of nitrogens with one attached hydrogen (secondary N) is 2. The van der Waals surface area contributed by atoms with Crippen LogP contribution in [0.3, 0.4) is 0 Å². The second-order valence-electron chi connectivity index (χ2n) is 9.42. The first kappa shape index (κ1) is 28.3. The highest BCUT2D eigenvalue weighted by Gasteiger charge is 2.48. The van der Waals surface area contributed by atoms with Gasteiger partial charge in [-0.1, -0.05) is 47.6 Å². The summed E-state index contributed by atoms with van der Waals surface area (Å²) in [5, 5.41) is 17.8. The van der Waals surface area contributed by atoms with Gasteiger partial charge in [-0.2, -0.15) is 18.4 Å². The predicted molar refractivity (Wildman–Crippen MR) is 132 cm³/mol. The van der Waals surface area contributed by atoms with Gasteiger partial charge in [0.25, 0.3) is 0 Å². The van der Waals surface area contributed by atoms with Crippen molar-refractivity contribution < 1.29 is 35.3 Å². The fraction of sp³-hybridized carbons (Fsp3) is 0.346. The SMILES string of the molecule is Cc1onc(-c2ccccc2)c1CS(=O)(=O)C[C@H](N[C@@H](c1ccc(F)cc1)C(F)(F)F)C(=O)NC1(C#N)CC1. The number of amides is 1. The topological polar surface area (TPSA) is 125 Å². The molecule has 1 amide bonds. The molecule has 0 aliphatic heterocycles. The third-order valence-electron chi connectivity index (χ3n) is 6.36. The summed E-state index contributed by atoms with van der Waals surface area (Å²) < 4.78 is 87.4. The van der Waals surface area contributed by atoms with Crippen LogP contribution in [-0.2, 0) is 20.4 Å². The summed E-state index contributed by atoms with van der Waals surface area (Å²) in [5.41, 5.74) is -0.629. The largest absolute Gasteiger partial charge is 0.407 e. The van der Waals surface area contributed by atoms with E-state index in [1.807, 2.05) is 6.07 Å². The molecule has 206 valence electrons. The van der Waals surface area contributed by atoms with Crippen molar-refractivity contribution in [2.45, 2.75) is 49.3 Å². The maximum Gasteiger partial charge on any atom is 0.407 e. The molecule has 2 N–H and O–H groups in total. The van der Waals surface area contributed by atoms with Crippen molar-refractivity contribution in [1.29, 1.82) is 5.26 Å². The van der Waals surface area contributed by atoms with Crippen molar-refractivity contribution in [2.75, 3.05) is 5.75 Å². The van der Waals surface area contributed by atoms with Gasteiger partial charge in [0.15, 0.2) is 9.84 Å². The fourth-order valence-corrected chi connectivity index (χ4v) is 5.72. The maximum atomic E-state index is 14.1. The van der Waals surface area contributed by atoms with Gasteiger partial charge in [-0.15, -0.1) is 0 Å². The van der Waals surface area contributed by atoms with Crippen LogP contribution in [0.2, 0.25) is 0 Å². The van der Waals surface area contributed by atoms with Crippen molar-refractivity contribution in [3.8, 4) is 17.3 Å². The number of hydrogen-bond donors (Lipinski definition) is 2. The minimum atomic E-state index is -4.96. The van der Waals surface area contributed by atoms with E-state index in [0.29, 0.717) is 5.56 Å². The number of rotatable bonds is 10. The minimum Gasteiger partial charge on any atom is -0.361 e. The zero-order valence-electron chi connectivity index (χ0n) is 20.6. The van der Waals surface area contributed by atoms with Crippen LogP contribution in [0.25, 0.3) is 11.3 Å². The lowest BCUT2D eigenvalue weighted by atomic mass is 10.0. The van der Waals surface area contributed by atoms with E-state index in [0.717, 1.165) is 24.3 Å². The van der Waals surface area contributed by atoms with Gasteiger partial charge in [-0.25, -0.2) is 12.8 Å². The van der Waals surface area contributed by atoms with E-state index >= 15 is 0 Å². The van der Waals surface area contributed by atoms with Gasteiger partial charge in [-0.05, 0) is 37.5 Å².